The van der Waals surface area contributed by atoms with E-state index in [1.807, 2.05) is 0 Å². The minimum atomic E-state index is -4.90. The summed E-state index contributed by atoms with van der Waals surface area (Å²) in [4.78, 5) is 21.4. The number of phenols is 1. The van der Waals surface area contributed by atoms with Crippen LogP contribution < -0.4 is 4.74 Å². The van der Waals surface area contributed by atoms with Crippen molar-refractivity contribution in [3.63, 3.8) is 0 Å². The second-order valence-electron chi connectivity index (χ2n) is 5.38. The zero-order valence-corrected chi connectivity index (χ0v) is 14.5. The molecule has 0 saturated heterocycles. The maximum absolute atomic E-state index is 11.9. The van der Waals surface area contributed by atoms with Crippen molar-refractivity contribution in [3.8, 4) is 11.5 Å². The number of carbonyl (C=O) groups excluding carboxylic acids is 2. The smallest absolute Gasteiger partial charge is 0.454 e. The molecule has 0 heterocycles. The predicted molar refractivity (Wildman–Crippen MR) is 86.6 cm³/mol. The van der Waals surface area contributed by atoms with Gasteiger partial charge in [0.1, 0.15) is 11.5 Å². The normalized spacial score (nSPS) is 11.3. The van der Waals surface area contributed by atoms with Gasteiger partial charge in [0.15, 0.2) is 0 Å². The number of ketones is 2. The molecule has 0 aliphatic heterocycles. The van der Waals surface area contributed by atoms with Gasteiger partial charge in [-0.05, 0) is 42.8 Å². The maximum Gasteiger partial charge on any atom is 0.454 e. The maximum atomic E-state index is 11.9. The molecule has 0 atom stereocenters. The van der Waals surface area contributed by atoms with Crippen LogP contribution in [0.3, 0.4) is 0 Å². The Morgan fingerprint density at radius 2 is 1.25 bits per heavy atom. The number of phenolic OH excluding ortho intramolecular Hbond substituents is 1. The van der Waals surface area contributed by atoms with Crippen LogP contribution in [0.4, 0.5) is 26.3 Å². The summed E-state index contributed by atoms with van der Waals surface area (Å²) in [5, 5.41) is 9.10. The Morgan fingerprint density at radius 1 is 0.821 bits per heavy atom. The van der Waals surface area contributed by atoms with Crippen molar-refractivity contribution in [1.82, 2.24) is 0 Å². The van der Waals surface area contributed by atoms with E-state index in [0.29, 0.717) is 11.3 Å². The largest absolute Gasteiger partial charge is 0.508 e. The zero-order chi connectivity index (χ0) is 21.7. The second kappa shape index (κ2) is 8.77. The van der Waals surface area contributed by atoms with Crippen LogP contribution in [0, 0.1) is 6.92 Å². The van der Waals surface area contributed by atoms with E-state index in [0.717, 1.165) is 24.3 Å². The Kier molecular flexibility index (Phi) is 7.20. The van der Waals surface area contributed by atoms with Crippen LogP contribution in [0.5, 0.6) is 11.5 Å². The van der Waals surface area contributed by atoms with E-state index >= 15 is 0 Å². The number of benzene rings is 2. The summed E-state index contributed by atoms with van der Waals surface area (Å²) in [5.74, 6) is -3.71. The van der Waals surface area contributed by atoms with Crippen LogP contribution in [0.25, 0.3) is 0 Å². The number of alkyl halides is 6. The molecule has 0 aliphatic carbocycles. The summed E-state index contributed by atoms with van der Waals surface area (Å²) >= 11 is 0. The number of aromatic hydroxyl groups is 1. The number of carbonyl (C=O) groups is 2. The molecule has 0 saturated carbocycles. The summed E-state index contributed by atoms with van der Waals surface area (Å²) in [5.41, 5.74) is -0.525. The number of hydrogen-bond donors (Lipinski definition) is 1. The summed E-state index contributed by atoms with van der Waals surface area (Å²) in [7, 11) is 1.39. The lowest BCUT2D eigenvalue weighted by Gasteiger charge is -2.06. The first-order valence-electron chi connectivity index (χ1n) is 7.44. The number of hydrogen-bond acceptors (Lipinski definition) is 4. The van der Waals surface area contributed by atoms with Gasteiger partial charge < -0.3 is 9.84 Å². The molecule has 0 bridgehead atoms. The molecule has 4 nitrogen and oxygen atoms in total. The molecule has 10 heteroatoms. The molecule has 0 amide bonds. The molecule has 2 aromatic carbocycles. The van der Waals surface area contributed by atoms with Gasteiger partial charge in [0.05, 0.1) is 7.11 Å². The Hall–Kier alpha value is -3.04. The van der Waals surface area contributed by atoms with Crippen LogP contribution in [0.2, 0.25) is 0 Å². The summed E-state index contributed by atoms with van der Waals surface area (Å²) in [6.45, 7) is 1.52. The average Bonchev–Trinajstić information content (AvgIpc) is 2.62. The first-order chi connectivity index (χ1) is 12.8. The number of rotatable bonds is 3. The lowest BCUT2D eigenvalue weighted by molar-refractivity contribution is -0.0888. The van der Waals surface area contributed by atoms with Crippen molar-refractivity contribution in [2.24, 2.45) is 0 Å². The van der Waals surface area contributed by atoms with Crippen LogP contribution in [0.15, 0.2) is 42.5 Å². The van der Waals surface area contributed by atoms with Crippen LogP contribution >= 0.6 is 0 Å². The summed E-state index contributed by atoms with van der Waals surface area (Å²) in [6, 6.07) is 7.87. The van der Waals surface area contributed by atoms with Gasteiger partial charge in [-0.15, -0.1) is 0 Å². The van der Waals surface area contributed by atoms with Gasteiger partial charge in [-0.3, -0.25) is 9.59 Å². The van der Waals surface area contributed by atoms with Crippen LogP contribution in [0.1, 0.15) is 26.3 Å². The highest BCUT2D eigenvalue weighted by Gasteiger charge is 2.39. The van der Waals surface area contributed by atoms with Gasteiger partial charge in [-0.25, -0.2) is 0 Å². The fourth-order valence-corrected chi connectivity index (χ4v) is 1.82. The molecule has 2 rings (SSSR count). The van der Waals surface area contributed by atoms with Crippen molar-refractivity contribution < 1.29 is 45.8 Å². The molecule has 0 spiro atoms. The predicted octanol–water partition coefficient (Wildman–Crippen LogP) is 4.89. The Bertz CT molecular complexity index is 839. The molecule has 0 unspecified atom stereocenters. The molecular formula is C18H14F6O4. The van der Waals surface area contributed by atoms with Gasteiger partial charge in [0.2, 0.25) is 0 Å². The molecule has 28 heavy (non-hydrogen) atoms. The van der Waals surface area contributed by atoms with Gasteiger partial charge in [-0.2, -0.15) is 26.3 Å². The Morgan fingerprint density at radius 3 is 1.64 bits per heavy atom. The fraction of sp³-hybridized carbons (Fsp3) is 0.222. The van der Waals surface area contributed by atoms with E-state index in [2.05, 4.69) is 0 Å². The third kappa shape index (κ3) is 6.29. The van der Waals surface area contributed by atoms with Crippen LogP contribution in [-0.4, -0.2) is 36.1 Å². The van der Waals surface area contributed by atoms with Gasteiger partial charge >= 0.3 is 12.4 Å². The first kappa shape index (κ1) is 23.0. The topological polar surface area (TPSA) is 63.6 Å². The Labute approximate surface area is 155 Å². The standard InChI is InChI=1S/2C9H7F3O2/c1-14-7-4-2-6(3-5-7)8(13)9(10,11)12;1-5-2-3-6(4-7(5)13)8(14)9(10,11)12/h2-5H,1H3;2-4,13H,1H3. The third-order valence-corrected chi connectivity index (χ3v) is 3.34. The number of halogens is 6. The molecule has 1 N–H and O–H groups in total. The van der Waals surface area contributed by atoms with Gasteiger partial charge in [0.25, 0.3) is 11.6 Å². The van der Waals surface area contributed by atoms with E-state index in [-0.39, 0.29) is 5.75 Å². The van der Waals surface area contributed by atoms with Crippen molar-refractivity contribution >= 4 is 11.6 Å². The van der Waals surface area contributed by atoms with Crippen molar-refractivity contribution in [1.29, 1.82) is 0 Å². The van der Waals surface area contributed by atoms with Crippen molar-refractivity contribution in [3.05, 3.63) is 59.2 Å². The van der Waals surface area contributed by atoms with Crippen molar-refractivity contribution in [2.45, 2.75) is 19.3 Å². The highest BCUT2D eigenvalue weighted by Crippen LogP contribution is 2.25. The molecule has 0 aliphatic rings. The summed E-state index contributed by atoms with van der Waals surface area (Å²) in [6.07, 6.45) is -9.73. The van der Waals surface area contributed by atoms with E-state index in [1.54, 1.807) is 0 Å². The molecule has 2 aromatic rings. The second-order valence-corrected chi connectivity index (χ2v) is 5.38. The number of aryl methyl sites for hydroxylation is 1. The van der Waals surface area contributed by atoms with Crippen molar-refractivity contribution in [2.75, 3.05) is 7.11 Å². The van der Waals surface area contributed by atoms with E-state index in [4.69, 9.17) is 9.84 Å². The van der Waals surface area contributed by atoms with E-state index in [1.165, 1.54) is 32.2 Å². The molecule has 0 radical (unpaired) electrons. The monoisotopic (exact) mass is 408 g/mol. The minimum Gasteiger partial charge on any atom is -0.508 e. The molecule has 0 aromatic heterocycles. The third-order valence-electron chi connectivity index (χ3n) is 3.34. The number of ether oxygens (including phenoxy) is 1. The minimum absolute atomic E-state index is 0.319. The lowest BCUT2D eigenvalue weighted by Crippen LogP contribution is -2.22. The van der Waals surface area contributed by atoms with Gasteiger partial charge in [0, 0.05) is 11.1 Å². The highest BCUT2D eigenvalue weighted by atomic mass is 19.4. The summed E-state index contributed by atoms with van der Waals surface area (Å²) < 4.78 is 76.4. The zero-order valence-electron chi connectivity index (χ0n) is 14.5. The molecular weight excluding hydrogens is 394 g/mol. The quantitative estimate of drug-likeness (QED) is 0.581. The highest BCUT2D eigenvalue weighted by molar-refractivity contribution is 6.01. The molecule has 0 fully saturated rings. The van der Waals surface area contributed by atoms with Crippen LogP contribution in [-0.2, 0) is 0 Å². The van der Waals surface area contributed by atoms with Gasteiger partial charge in [-0.1, -0.05) is 12.1 Å². The number of Topliss-reactive ketones (excluding diaryl/α,β-unsaturated/α-hetero) is 2. The first-order valence-corrected chi connectivity index (χ1v) is 7.44. The SMILES string of the molecule is COc1ccc(C(=O)C(F)(F)F)cc1.Cc1ccc(C(=O)C(F)(F)F)cc1O. The fourth-order valence-electron chi connectivity index (χ4n) is 1.82. The Balaban J connectivity index is 0.000000280. The van der Waals surface area contributed by atoms with E-state index in [9.17, 15) is 35.9 Å². The molecule has 152 valence electrons. The number of methoxy groups -OCH3 is 1. The lowest BCUT2D eigenvalue weighted by atomic mass is 10.1. The average molecular weight is 408 g/mol. The van der Waals surface area contributed by atoms with E-state index < -0.39 is 35.0 Å².